The second-order valence-corrected chi connectivity index (χ2v) is 9.35. The van der Waals surface area contributed by atoms with Crippen LogP contribution in [-0.2, 0) is 30.6 Å². The topological polar surface area (TPSA) is 102 Å². The standard InChI is InChI=1S/C13H18N2O5S3/c1-2-20-12(17)5-10-6-21-13(15-10)22-7-11(16)14-9-3-4-23(18,19)8-9/h6,9H,2-5,7-8H2,1H3,(H,14,16)/t9-/m0/s1. The second kappa shape index (κ2) is 8.11. The van der Waals surface area contributed by atoms with Crippen molar-refractivity contribution in [2.24, 2.45) is 0 Å². The number of sulfone groups is 1. The van der Waals surface area contributed by atoms with Gasteiger partial charge in [0.05, 0.1) is 36.0 Å². The number of thiazole rings is 1. The van der Waals surface area contributed by atoms with Gasteiger partial charge in [-0.25, -0.2) is 13.4 Å². The lowest BCUT2D eigenvalue weighted by atomic mass is 10.3. The molecule has 2 rings (SSSR count). The summed E-state index contributed by atoms with van der Waals surface area (Å²) in [6.07, 6.45) is 0.594. The van der Waals surface area contributed by atoms with Gasteiger partial charge in [-0.15, -0.1) is 11.3 Å². The molecule has 10 heteroatoms. The van der Waals surface area contributed by atoms with Crippen molar-refractivity contribution in [2.75, 3.05) is 23.9 Å². The Kier molecular flexibility index (Phi) is 6.42. The first-order valence-electron chi connectivity index (χ1n) is 7.10. The first-order valence-corrected chi connectivity index (χ1v) is 10.8. The lowest BCUT2D eigenvalue weighted by molar-refractivity contribution is -0.142. The first-order chi connectivity index (χ1) is 10.9. The van der Waals surface area contributed by atoms with Crippen LogP contribution in [0.3, 0.4) is 0 Å². The summed E-state index contributed by atoms with van der Waals surface area (Å²) in [4.78, 5) is 27.4. The molecule has 128 valence electrons. The molecule has 0 bridgehead atoms. The summed E-state index contributed by atoms with van der Waals surface area (Å²) in [5.41, 5.74) is 0.623. The van der Waals surface area contributed by atoms with E-state index < -0.39 is 9.84 Å². The lowest BCUT2D eigenvalue weighted by Gasteiger charge is -2.09. The van der Waals surface area contributed by atoms with Crippen molar-refractivity contribution in [3.05, 3.63) is 11.1 Å². The van der Waals surface area contributed by atoms with Gasteiger partial charge >= 0.3 is 5.97 Å². The second-order valence-electron chi connectivity index (χ2n) is 5.04. The van der Waals surface area contributed by atoms with E-state index in [2.05, 4.69) is 10.3 Å². The van der Waals surface area contributed by atoms with Gasteiger partial charge in [-0.1, -0.05) is 11.8 Å². The molecule has 1 atom stereocenters. The summed E-state index contributed by atoms with van der Waals surface area (Å²) in [6, 6.07) is -0.288. The van der Waals surface area contributed by atoms with E-state index in [1.54, 1.807) is 12.3 Å². The van der Waals surface area contributed by atoms with Gasteiger partial charge in [0.1, 0.15) is 0 Å². The maximum Gasteiger partial charge on any atom is 0.311 e. The summed E-state index contributed by atoms with van der Waals surface area (Å²) < 4.78 is 28.2. The Morgan fingerprint density at radius 2 is 2.30 bits per heavy atom. The summed E-state index contributed by atoms with van der Waals surface area (Å²) in [5, 5.41) is 4.49. The Bertz CT molecular complexity index is 671. The van der Waals surface area contributed by atoms with Gasteiger partial charge in [-0.3, -0.25) is 9.59 Å². The van der Waals surface area contributed by atoms with Gasteiger partial charge in [-0.05, 0) is 13.3 Å². The van der Waals surface area contributed by atoms with Gasteiger partial charge in [0, 0.05) is 11.4 Å². The average molecular weight is 378 g/mol. The summed E-state index contributed by atoms with van der Waals surface area (Å²) in [6.45, 7) is 2.08. The number of amides is 1. The molecule has 2 heterocycles. The molecule has 7 nitrogen and oxygen atoms in total. The molecule has 0 aromatic carbocycles. The lowest BCUT2D eigenvalue weighted by Crippen LogP contribution is -2.36. The Balaban J connectivity index is 1.74. The molecule has 1 aromatic heterocycles. The molecule has 0 unspecified atom stereocenters. The molecule has 1 fully saturated rings. The molecular formula is C13H18N2O5S3. The minimum absolute atomic E-state index is 0.0182. The van der Waals surface area contributed by atoms with E-state index in [0.29, 0.717) is 23.1 Å². The quantitative estimate of drug-likeness (QED) is 0.549. The van der Waals surface area contributed by atoms with E-state index in [4.69, 9.17) is 4.74 Å². The smallest absolute Gasteiger partial charge is 0.311 e. The molecule has 1 aliphatic heterocycles. The Morgan fingerprint density at radius 1 is 1.52 bits per heavy atom. The van der Waals surface area contributed by atoms with Gasteiger partial charge in [0.25, 0.3) is 0 Å². The monoisotopic (exact) mass is 378 g/mol. The fraction of sp³-hybridized carbons (Fsp3) is 0.615. The van der Waals surface area contributed by atoms with Crippen molar-refractivity contribution in [1.29, 1.82) is 0 Å². The first kappa shape index (κ1) is 18.2. The number of aromatic nitrogens is 1. The number of carbonyl (C=O) groups excluding carboxylic acids is 2. The van der Waals surface area contributed by atoms with Gasteiger partial charge in [0.15, 0.2) is 14.2 Å². The van der Waals surface area contributed by atoms with Gasteiger partial charge in [0.2, 0.25) is 5.91 Å². The highest BCUT2D eigenvalue weighted by molar-refractivity contribution is 8.01. The summed E-state index contributed by atoms with van der Waals surface area (Å²) in [5.74, 6) is -0.212. The zero-order valence-electron chi connectivity index (χ0n) is 12.6. The number of nitrogens with one attached hydrogen (secondary N) is 1. The number of esters is 1. The highest BCUT2D eigenvalue weighted by Crippen LogP contribution is 2.23. The fourth-order valence-electron chi connectivity index (χ4n) is 2.10. The number of carbonyl (C=O) groups is 2. The van der Waals surface area contributed by atoms with E-state index >= 15 is 0 Å². The van der Waals surface area contributed by atoms with E-state index in [1.165, 1.54) is 23.1 Å². The molecule has 0 saturated carbocycles. The largest absolute Gasteiger partial charge is 0.466 e. The van der Waals surface area contributed by atoms with Crippen LogP contribution in [0.15, 0.2) is 9.72 Å². The van der Waals surface area contributed by atoms with Crippen molar-refractivity contribution >= 4 is 44.8 Å². The molecule has 1 saturated heterocycles. The molecule has 0 aliphatic carbocycles. The summed E-state index contributed by atoms with van der Waals surface area (Å²) in [7, 11) is -3.00. The van der Waals surface area contributed by atoms with Crippen LogP contribution in [0.1, 0.15) is 19.0 Å². The third kappa shape index (κ3) is 6.11. The highest BCUT2D eigenvalue weighted by atomic mass is 32.2. The van der Waals surface area contributed by atoms with Crippen molar-refractivity contribution in [1.82, 2.24) is 10.3 Å². The minimum Gasteiger partial charge on any atom is -0.466 e. The van der Waals surface area contributed by atoms with Gasteiger partial charge < -0.3 is 10.1 Å². The SMILES string of the molecule is CCOC(=O)Cc1csc(SCC(=O)N[C@H]2CCS(=O)(=O)C2)n1. The molecule has 1 aliphatic rings. The van der Waals surface area contributed by atoms with Crippen molar-refractivity contribution in [2.45, 2.75) is 30.1 Å². The molecule has 1 amide bonds. The normalized spacial score (nSPS) is 19.4. The average Bonchev–Trinajstić information content (AvgIpc) is 3.03. The fourth-order valence-corrected chi connectivity index (χ4v) is 5.43. The van der Waals surface area contributed by atoms with Crippen LogP contribution in [0, 0.1) is 0 Å². The number of ether oxygens (including phenoxy) is 1. The van der Waals surface area contributed by atoms with Crippen LogP contribution in [0.2, 0.25) is 0 Å². The maximum atomic E-state index is 11.8. The van der Waals surface area contributed by atoms with Crippen LogP contribution >= 0.6 is 23.1 Å². The van der Waals surface area contributed by atoms with Crippen LogP contribution in [0.25, 0.3) is 0 Å². The van der Waals surface area contributed by atoms with E-state index in [9.17, 15) is 18.0 Å². The van der Waals surface area contributed by atoms with Crippen LogP contribution in [0.4, 0.5) is 0 Å². The number of thioether (sulfide) groups is 1. The van der Waals surface area contributed by atoms with Crippen LogP contribution in [-0.4, -0.2) is 55.2 Å². The number of hydrogen-bond acceptors (Lipinski definition) is 8. The molecular weight excluding hydrogens is 360 g/mol. The zero-order valence-corrected chi connectivity index (χ0v) is 15.1. The third-order valence-corrected chi connectivity index (χ3v) is 6.92. The highest BCUT2D eigenvalue weighted by Gasteiger charge is 2.28. The van der Waals surface area contributed by atoms with Crippen LogP contribution < -0.4 is 5.32 Å². The van der Waals surface area contributed by atoms with E-state index in [1.807, 2.05) is 0 Å². The molecule has 1 N–H and O–H groups in total. The number of nitrogens with zero attached hydrogens (tertiary/aromatic N) is 1. The van der Waals surface area contributed by atoms with Crippen molar-refractivity contribution < 1.29 is 22.7 Å². The predicted octanol–water partition coefficient (Wildman–Crippen LogP) is 0.644. The Hall–Kier alpha value is -1.13. The maximum absolute atomic E-state index is 11.8. The predicted molar refractivity (Wildman–Crippen MR) is 88.4 cm³/mol. The molecule has 23 heavy (non-hydrogen) atoms. The zero-order chi connectivity index (χ0) is 16.9. The van der Waals surface area contributed by atoms with Gasteiger partial charge in [-0.2, -0.15) is 0 Å². The van der Waals surface area contributed by atoms with E-state index in [0.717, 1.165) is 0 Å². The summed E-state index contributed by atoms with van der Waals surface area (Å²) >= 11 is 2.63. The molecule has 1 aromatic rings. The minimum atomic E-state index is -3.00. The Morgan fingerprint density at radius 3 is 2.96 bits per heavy atom. The molecule has 0 radical (unpaired) electrons. The number of hydrogen-bond donors (Lipinski definition) is 1. The number of rotatable bonds is 7. The Labute approximate surface area is 143 Å². The van der Waals surface area contributed by atoms with Crippen LogP contribution in [0.5, 0.6) is 0 Å². The third-order valence-electron chi connectivity index (χ3n) is 3.09. The van der Waals surface area contributed by atoms with E-state index in [-0.39, 0.29) is 41.6 Å². The van der Waals surface area contributed by atoms with Crippen molar-refractivity contribution in [3.8, 4) is 0 Å². The molecule has 0 spiro atoms. The van der Waals surface area contributed by atoms with Crippen molar-refractivity contribution in [3.63, 3.8) is 0 Å².